The van der Waals surface area contributed by atoms with E-state index in [1.165, 1.54) is 11.0 Å². The van der Waals surface area contributed by atoms with Gasteiger partial charge in [0.2, 0.25) is 0 Å². The zero-order valence-electron chi connectivity index (χ0n) is 15.0. The molecule has 1 aromatic carbocycles. The molecule has 0 unspecified atom stereocenters. The second-order valence-electron chi connectivity index (χ2n) is 6.02. The fourth-order valence-corrected chi connectivity index (χ4v) is 3.32. The van der Waals surface area contributed by atoms with Gasteiger partial charge in [-0.15, -0.1) is 0 Å². The Bertz CT molecular complexity index is 1180. The number of anilines is 2. The molecule has 0 saturated carbocycles. The van der Waals surface area contributed by atoms with Gasteiger partial charge in [-0.05, 0) is 31.2 Å². The summed E-state index contributed by atoms with van der Waals surface area (Å²) in [4.78, 5) is 20.3. The standard InChI is InChI=1S/C18H14Cl2N8O/c1-10-23-9-24-28(10)11-5-6-15(22-7-11)25-14-8-27(26-16(14)18(21)29)17-12(19)3-2-4-13(17)20/h2-9H,1H3,(H2,21,29)(H,22,25). The van der Waals surface area contributed by atoms with Crippen LogP contribution in [0.25, 0.3) is 11.4 Å². The third-order valence-electron chi connectivity index (χ3n) is 4.09. The average Bonchev–Trinajstić information content (AvgIpc) is 3.29. The average molecular weight is 429 g/mol. The van der Waals surface area contributed by atoms with Gasteiger partial charge < -0.3 is 11.1 Å². The van der Waals surface area contributed by atoms with E-state index < -0.39 is 5.91 Å². The van der Waals surface area contributed by atoms with E-state index in [9.17, 15) is 4.79 Å². The minimum absolute atomic E-state index is 0.0268. The van der Waals surface area contributed by atoms with E-state index in [0.29, 0.717) is 27.2 Å². The van der Waals surface area contributed by atoms with Crippen LogP contribution in [-0.4, -0.2) is 35.4 Å². The molecule has 4 rings (SSSR count). The number of carbonyl (C=O) groups is 1. The Morgan fingerprint density at radius 2 is 1.90 bits per heavy atom. The highest BCUT2D eigenvalue weighted by Crippen LogP contribution is 2.30. The highest BCUT2D eigenvalue weighted by molar-refractivity contribution is 6.37. The Labute approximate surface area is 175 Å². The van der Waals surface area contributed by atoms with Crippen LogP contribution in [-0.2, 0) is 0 Å². The summed E-state index contributed by atoms with van der Waals surface area (Å²) in [6.45, 7) is 1.84. The highest BCUT2D eigenvalue weighted by Gasteiger charge is 2.18. The zero-order valence-corrected chi connectivity index (χ0v) is 16.6. The number of nitrogens with two attached hydrogens (primary N) is 1. The first kappa shape index (κ1) is 18.9. The molecule has 9 nitrogen and oxygen atoms in total. The maximum Gasteiger partial charge on any atom is 0.271 e. The summed E-state index contributed by atoms with van der Waals surface area (Å²) in [5.74, 6) is 0.518. The second kappa shape index (κ2) is 7.53. The van der Waals surface area contributed by atoms with E-state index in [1.54, 1.807) is 41.3 Å². The molecule has 0 aliphatic rings. The number of nitrogens with one attached hydrogen (secondary N) is 1. The second-order valence-corrected chi connectivity index (χ2v) is 6.83. The first-order valence-corrected chi connectivity index (χ1v) is 9.13. The Hall–Kier alpha value is -3.43. The van der Waals surface area contributed by atoms with Crippen LogP contribution in [0.3, 0.4) is 0 Å². The van der Waals surface area contributed by atoms with Gasteiger partial charge in [-0.1, -0.05) is 29.3 Å². The Kier molecular flexibility index (Phi) is 4.91. The molecule has 0 fully saturated rings. The van der Waals surface area contributed by atoms with E-state index in [-0.39, 0.29) is 5.69 Å². The monoisotopic (exact) mass is 428 g/mol. The molecule has 0 radical (unpaired) electrons. The third-order valence-corrected chi connectivity index (χ3v) is 4.70. The van der Waals surface area contributed by atoms with E-state index in [4.69, 9.17) is 28.9 Å². The number of hydrogen-bond acceptors (Lipinski definition) is 6. The van der Waals surface area contributed by atoms with Crippen molar-refractivity contribution in [1.82, 2.24) is 29.5 Å². The predicted molar refractivity (Wildman–Crippen MR) is 109 cm³/mol. The summed E-state index contributed by atoms with van der Waals surface area (Å²) in [7, 11) is 0. The van der Waals surface area contributed by atoms with Gasteiger partial charge in [0.25, 0.3) is 5.91 Å². The molecule has 0 aliphatic carbocycles. The van der Waals surface area contributed by atoms with Crippen LogP contribution in [0.15, 0.2) is 49.1 Å². The molecule has 4 aromatic rings. The van der Waals surface area contributed by atoms with E-state index >= 15 is 0 Å². The molecule has 0 atom stereocenters. The number of amides is 1. The molecular weight excluding hydrogens is 415 g/mol. The van der Waals surface area contributed by atoms with Crippen LogP contribution in [0.1, 0.15) is 16.3 Å². The van der Waals surface area contributed by atoms with Crippen molar-refractivity contribution in [2.75, 3.05) is 5.32 Å². The summed E-state index contributed by atoms with van der Waals surface area (Å²) >= 11 is 12.5. The van der Waals surface area contributed by atoms with Crippen molar-refractivity contribution in [2.24, 2.45) is 5.73 Å². The minimum atomic E-state index is -0.704. The highest BCUT2D eigenvalue weighted by atomic mass is 35.5. The SMILES string of the molecule is Cc1ncnn1-c1ccc(Nc2cn(-c3c(Cl)cccc3Cl)nc2C(N)=O)nc1. The molecule has 0 saturated heterocycles. The van der Waals surface area contributed by atoms with Crippen molar-refractivity contribution in [2.45, 2.75) is 6.92 Å². The van der Waals surface area contributed by atoms with Gasteiger partial charge >= 0.3 is 0 Å². The van der Waals surface area contributed by atoms with Crippen molar-refractivity contribution in [3.05, 3.63) is 70.6 Å². The summed E-state index contributed by atoms with van der Waals surface area (Å²) < 4.78 is 3.06. The Balaban J connectivity index is 1.67. The van der Waals surface area contributed by atoms with Crippen molar-refractivity contribution >= 4 is 40.6 Å². The number of para-hydroxylation sites is 1. The summed E-state index contributed by atoms with van der Waals surface area (Å²) in [6, 6.07) is 8.62. The Morgan fingerprint density at radius 1 is 1.14 bits per heavy atom. The van der Waals surface area contributed by atoms with Gasteiger partial charge in [-0.3, -0.25) is 4.79 Å². The lowest BCUT2D eigenvalue weighted by Crippen LogP contribution is -2.14. The van der Waals surface area contributed by atoms with Crippen molar-refractivity contribution < 1.29 is 4.79 Å². The molecule has 3 heterocycles. The van der Waals surface area contributed by atoms with Crippen LogP contribution in [0, 0.1) is 6.92 Å². The number of pyridine rings is 1. The zero-order chi connectivity index (χ0) is 20.5. The lowest BCUT2D eigenvalue weighted by molar-refractivity contribution is 0.0996. The van der Waals surface area contributed by atoms with Gasteiger partial charge in [0.15, 0.2) is 5.69 Å². The van der Waals surface area contributed by atoms with Crippen molar-refractivity contribution in [3.8, 4) is 11.4 Å². The summed E-state index contributed by atoms with van der Waals surface area (Å²) in [5, 5.41) is 12.2. The molecule has 11 heteroatoms. The number of aryl methyl sites for hydroxylation is 1. The molecule has 0 aliphatic heterocycles. The number of aromatic nitrogens is 6. The molecule has 0 bridgehead atoms. The van der Waals surface area contributed by atoms with E-state index in [2.05, 4.69) is 25.5 Å². The minimum Gasteiger partial charge on any atom is -0.364 e. The Morgan fingerprint density at radius 3 is 2.48 bits per heavy atom. The quantitative estimate of drug-likeness (QED) is 0.503. The van der Waals surface area contributed by atoms with Gasteiger partial charge in [-0.25, -0.2) is 19.3 Å². The maximum absolute atomic E-state index is 11.9. The molecule has 0 spiro atoms. The number of benzene rings is 1. The number of halogens is 2. The van der Waals surface area contributed by atoms with Gasteiger partial charge in [0.1, 0.15) is 23.7 Å². The van der Waals surface area contributed by atoms with Crippen LogP contribution in [0.4, 0.5) is 11.5 Å². The molecule has 146 valence electrons. The largest absolute Gasteiger partial charge is 0.364 e. The van der Waals surface area contributed by atoms with Crippen molar-refractivity contribution in [3.63, 3.8) is 0 Å². The smallest absolute Gasteiger partial charge is 0.271 e. The topological polar surface area (TPSA) is 117 Å². The number of nitrogens with zero attached hydrogens (tertiary/aromatic N) is 6. The number of rotatable bonds is 5. The first-order chi connectivity index (χ1) is 13.9. The van der Waals surface area contributed by atoms with Crippen LogP contribution < -0.4 is 11.1 Å². The predicted octanol–water partition coefficient (Wildman–Crippen LogP) is 3.31. The van der Waals surface area contributed by atoms with Gasteiger partial charge in [-0.2, -0.15) is 10.2 Å². The molecule has 3 N–H and O–H groups in total. The van der Waals surface area contributed by atoms with Crippen LogP contribution in [0.2, 0.25) is 10.0 Å². The van der Waals surface area contributed by atoms with Crippen molar-refractivity contribution in [1.29, 1.82) is 0 Å². The number of carbonyl (C=O) groups excluding carboxylic acids is 1. The fraction of sp³-hybridized carbons (Fsp3) is 0.0556. The number of hydrogen-bond donors (Lipinski definition) is 2. The normalized spacial score (nSPS) is 10.9. The maximum atomic E-state index is 11.9. The first-order valence-electron chi connectivity index (χ1n) is 8.38. The molecular formula is C18H14Cl2N8O. The molecule has 3 aromatic heterocycles. The lowest BCUT2D eigenvalue weighted by Gasteiger charge is -2.07. The summed E-state index contributed by atoms with van der Waals surface area (Å²) in [6.07, 6.45) is 4.67. The lowest BCUT2D eigenvalue weighted by atomic mass is 10.3. The third kappa shape index (κ3) is 3.65. The van der Waals surface area contributed by atoms with Gasteiger partial charge in [0.05, 0.1) is 33.8 Å². The van der Waals surface area contributed by atoms with E-state index in [0.717, 1.165) is 11.5 Å². The summed E-state index contributed by atoms with van der Waals surface area (Å²) in [5.41, 5.74) is 7.06. The molecule has 1 amide bonds. The number of primary amides is 1. The van der Waals surface area contributed by atoms with Crippen LogP contribution >= 0.6 is 23.2 Å². The fourth-order valence-electron chi connectivity index (χ4n) is 2.75. The van der Waals surface area contributed by atoms with Crippen LogP contribution in [0.5, 0.6) is 0 Å². The van der Waals surface area contributed by atoms with E-state index in [1.807, 2.05) is 13.0 Å². The molecule has 29 heavy (non-hydrogen) atoms. The van der Waals surface area contributed by atoms with Gasteiger partial charge in [0, 0.05) is 0 Å².